The number of ether oxygens (including phenoxy) is 2. The molecular weight excluding hydrogens is 470 g/mol. The first-order valence-electron chi connectivity index (χ1n) is 12.9. The highest BCUT2D eigenvalue weighted by Gasteiger charge is 2.23. The Hall–Kier alpha value is -2.00. The molecule has 1 fully saturated rings. The maximum Gasteiger partial charge on any atom is 0.157 e. The van der Waals surface area contributed by atoms with Gasteiger partial charge in [0.25, 0.3) is 0 Å². The third-order valence-electron chi connectivity index (χ3n) is 6.49. The van der Waals surface area contributed by atoms with E-state index >= 15 is 0 Å². The monoisotopic (exact) mass is 513 g/mol. The average Bonchev–Trinajstić information content (AvgIpc) is 3.26. The smallest absolute Gasteiger partial charge is 0.157 e. The van der Waals surface area contributed by atoms with Gasteiger partial charge < -0.3 is 14.4 Å². The van der Waals surface area contributed by atoms with Crippen LogP contribution in [0.3, 0.4) is 0 Å². The molecule has 1 aliphatic rings. The Morgan fingerprint density at radius 2 is 1.66 bits per heavy atom. The Balaban J connectivity index is 1.80. The van der Waals surface area contributed by atoms with E-state index in [1.54, 1.807) is 12.3 Å². The summed E-state index contributed by atoms with van der Waals surface area (Å²) in [6.07, 6.45) is 7.48. The Morgan fingerprint density at radius 1 is 1.06 bits per heavy atom. The maximum atomic E-state index is 8.99. The number of hydrogen-bond donors (Lipinski definition) is 0. The molecule has 0 bridgehead atoms. The number of fused-ring (bicyclic) bond motifs is 1. The molecule has 0 unspecified atom stereocenters. The maximum absolute atomic E-state index is 8.99. The van der Waals surface area contributed by atoms with Gasteiger partial charge in [-0.3, -0.25) is 0 Å². The summed E-state index contributed by atoms with van der Waals surface area (Å²) in [5, 5.41) is 13.6. The summed E-state index contributed by atoms with van der Waals surface area (Å²) in [6, 6.07) is 8.60. The third kappa shape index (κ3) is 8.87. The zero-order chi connectivity index (χ0) is 25.5. The first-order chi connectivity index (χ1) is 16.6. The third-order valence-corrected chi connectivity index (χ3v) is 9.89. The van der Waals surface area contributed by atoms with E-state index in [-0.39, 0.29) is 0 Å². The van der Waals surface area contributed by atoms with Crippen molar-refractivity contribution < 1.29 is 9.47 Å². The minimum Gasteiger partial charge on any atom is -0.361 e. The predicted octanol–water partition coefficient (Wildman–Crippen LogP) is 6.27. The zero-order valence-corrected chi connectivity index (χ0v) is 24.5. The Bertz CT molecular complexity index is 1000. The highest BCUT2D eigenvalue weighted by molar-refractivity contribution is 6.76. The number of anilines is 1. The van der Waals surface area contributed by atoms with E-state index in [4.69, 9.17) is 19.7 Å². The van der Waals surface area contributed by atoms with Crippen molar-refractivity contribution in [3.8, 4) is 6.07 Å². The average molecular weight is 514 g/mol. The van der Waals surface area contributed by atoms with Crippen molar-refractivity contribution in [3.63, 3.8) is 0 Å². The fraction of sp³-hybridized carbons (Fsp3) is 0.654. The largest absolute Gasteiger partial charge is 0.361 e. The fourth-order valence-electron chi connectivity index (χ4n) is 4.15. The standard InChI is InChI=1S/C26H43N5O2Si2/c1-34(2,3)17-15-32-20-30(21-33-16-18-35(4,5)6)26-19-24(29-25-12-14-28-31(25)26)23-9-7-22(8-10-23)11-13-27/h11-12,14,19,23H,7-10,15-18,20-21H2,1-6H3. The molecule has 2 aromatic rings. The molecule has 0 radical (unpaired) electrons. The van der Waals surface area contributed by atoms with Gasteiger partial charge in [0.2, 0.25) is 0 Å². The predicted molar refractivity (Wildman–Crippen MR) is 148 cm³/mol. The van der Waals surface area contributed by atoms with Crippen molar-refractivity contribution in [2.24, 2.45) is 0 Å². The summed E-state index contributed by atoms with van der Waals surface area (Å²) in [7, 11) is -2.32. The summed E-state index contributed by atoms with van der Waals surface area (Å²) >= 11 is 0. The van der Waals surface area contributed by atoms with Gasteiger partial charge in [-0.15, -0.1) is 0 Å². The van der Waals surface area contributed by atoms with E-state index in [1.807, 2.05) is 10.6 Å². The molecule has 0 spiro atoms. The minimum atomic E-state index is -1.16. The molecule has 9 heteroatoms. The molecule has 0 aliphatic heterocycles. The van der Waals surface area contributed by atoms with Gasteiger partial charge in [0.15, 0.2) is 5.65 Å². The molecule has 2 heterocycles. The molecule has 3 rings (SSSR count). The van der Waals surface area contributed by atoms with Crippen LogP contribution in [0.2, 0.25) is 51.4 Å². The van der Waals surface area contributed by atoms with Crippen LogP contribution in [0.25, 0.3) is 5.65 Å². The Kier molecular flexibility index (Phi) is 9.70. The van der Waals surface area contributed by atoms with Gasteiger partial charge in [0.1, 0.15) is 19.3 Å². The molecule has 1 saturated carbocycles. The van der Waals surface area contributed by atoms with Crippen LogP contribution in [0.4, 0.5) is 5.82 Å². The van der Waals surface area contributed by atoms with Crippen LogP contribution in [0.15, 0.2) is 30.0 Å². The number of aromatic nitrogens is 3. The van der Waals surface area contributed by atoms with Crippen LogP contribution in [-0.4, -0.2) is 57.4 Å². The molecule has 2 aromatic heterocycles. The van der Waals surface area contributed by atoms with Crippen molar-refractivity contribution in [1.29, 1.82) is 5.26 Å². The van der Waals surface area contributed by atoms with E-state index in [9.17, 15) is 0 Å². The minimum absolute atomic E-state index is 0.381. The topological polar surface area (TPSA) is 75.7 Å². The van der Waals surface area contributed by atoms with Gasteiger partial charge in [-0.25, -0.2) is 4.98 Å². The number of rotatable bonds is 12. The Morgan fingerprint density at radius 3 is 2.20 bits per heavy atom. The summed E-state index contributed by atoms with van der Waals surface area (Å²) < 4.78 is 14.2. The Labute approximate surface area is 213 Å². The van der Waals surface area contributed by atoms with Crippen molar-refractivity contribution >= 4 is 27.6 Å². The van der Waals surface area contributed by atoms with Crippen molar-refractivity contribution in [1.82, 2.24) is 14.6 Å². The second-order valence-electron chi connectivity index (χ2n) is 12.1. The van der Waals surface area contributed by atoms with Gasteiger partial charge in [-0.1, -0.05) is 44.9 Å². The van der Waals surface area contributed by atoms with Gasteiger partial charge in [0.05, 0.1) is 12.3 Å². The summed E-state index contributed by atoms with van der Waals surface area (Å²) in [6.45, 7) is 16.7. The van der Waals surface area contributed by atoms with E-state index < -0.39 is 16.1 Å². The quantitative estimate of drug-likeness (QED) is 0.144. The normalized spacial score (nSPS) is 16.9. The van der Waals surface area contributed by atoms with E-state index in [0.29, 0.717) is 19.4 Å². The summed E-state index contributed by atoms with van der Waals surface area (Å²) in [5.74, 6) is 1.35. The molecule has 0 saturated heterocycles. The highest BCUT2D eigenvalue weighted by Crippen LogP contribution is 2.36. The van der Waals surface area contributed by atoms with Crippen LogP contribution in [0, 0.1) is 11.3 Å². The molecule has 0 aromatic carbocycles. The number of allylic oxidation sites excluding steroid dienone is 2. The second-order valence-corrected chi connectivity index (χ2v) is 23.3. The molecule has 192 valence electrons. The fourth-order valence-corrected chi connectivity index (χ4v) is 5.66. The van der Waals surface area contributed by atoms with Crippen LogP contribution in [-0.2, 0) is 9.47 Å². The van der Waals surface area contributed by atoms with Gasteiger partial charge >= 0.3 is 0 Å². The first kappa shape index (κ1) is 27.6. The molecule has 0 N–H and O–H groups in total. The molecule has 35 heavy (non-hydrogen) atoms. The molecule has 0 amide bonds. The molecule has 0 atom stereocenters. The zero-order valence-electron chi connectivity index (χ0n) is 22.5. The van der Waals surface area contributed by atoms with Crippen molar-refractivity contribution in [2.75, 3.05) is 31.6 Å². The van der Waals surface area contributed by atoms with E-state index in [1.165, 1.54) is 5.57 Å². The lowest BCUT2D eigenvalue weighted by atomic mass is 9.83. The molecule has 7 nitrogen and oxygen atoms in total. The van der Waals surface area contributed by atoms with Gasteiger partial charge in [0, 0.05) is 59.2 Å². The second kappa shape index (κ2) is 12.3. The number of nitriles is 1. The summed E-state index contributed by atoms with van der Waals surface area (Å²) in [4.78, 5) is 7.11. The van der Waals surface area contributed by atoms with Crippen LogP contribution >= 0.6 is 0 Å². The molecular formula is C26H43N5O2Si2. The van der Waals surface area contributed by atoms with Crippen LogP contribution in [0.5, 0.6) is 0 Å². The molecule has 1 aliphatic carbocycles. The van der Waals surface area contributed by atoms with E-state index in [2.05, 4.69) is 61.4 Å². The lowest BCUT2D eigenvalue weighted by Crippen LogP contribution is -2.33. The van der Waals surface area contributed by atoms with Crippen LogP contribution < -0.4 is 4.90 Å². The SMILES string of the molecule is C[Si](C)(C)CCOCN(COCC[Si](C)(C)C)c1cc(C2CCC(=CC#N)CC2)nc2ccnn12. The lowest BCUT2D eigenvalue weighted by molar-refractivity contribution is 0.0942. The lowest BCUT2D eigenvalue weighted by Gasteiger charge is -2.28. The number of nitrogens with zero attached hydrogens (tertiary/aromatic N) is 5. The van der Waals surface area contributed by atoms with Crippen molar-refractivity contribution in [3.05, 3.63) is 35.7 Å². The van der Waals surface area contributed by atoms with Gasteiger partial charge in [-0.2, -0.15) is 14.9 Å². The van der Waals surface area contributed by atoms with Crippen LogP contribution in [0.1, 0.15) is 37.3 Å². The first-order valence-corrected chi connectivity index (χ1v) is 20.3. The highest BCUT2D eigenvalue weighted by atomic mass is 28.3. The number of hydrogen-bond acceptors (Lipinski definition) is 6. The van der Waals surface area contributed by atoms with Crippen molar-refractivity contribution in [2.45, 2.75) is 83.0 Å². The van der Waals surface area contributed by atoms with Gasteiger partial charge in [-0.05, 0) is 37.8 Å². The summed E-state index contributed by atoms with van der Waals surface area (Å²) in [5.41, 5.74) is 3.20. The van der Waals surface area contributed by atoms with E-state index in [0.717, 1.165) is 68.1 Å².